The average Bonchev–Trinajstić information content (AvgIpc) is 2.99. The van der Waals surface area contributed by atoms with Gasteiger partial charge in [0.1, 0.15) is 5.76 Å². The molecule has 140 valence electrons. The molecular formula is C21H28N2O3. The van der Waals surface area contributed by atoms with Crippen molar-refractivity contribution < 1.29 is 14.1 Å². The van der Waals surface area contributed by atoms with E-state index in [0.29, 0.717) is 32.0 Å². The first-order valence-electron chi connectivity index (χ1n) is 9.44. The number of aryl methyl sites for hydroxylation is 2. The molecular weight excluding hydrogens is 328 g/mol. The number of carbonyl (C=O) groups excluding carboxylic acids is 1. The van der Waals surface area contributed by atoms with Crippen LogP contribution in [-0.2, 0) is 22.6 Å². The first-order chi connectivity index (χ1) is 12.6. The lowest BCUT2D eigenvalue weighted by atomic mass is 9.98. The number of aromatic nitrogens is 1. The van der Waals surface area contributed by atoms with Crippen molar-refractivity contribution in [3.63, 3.8) is 0 Å². The van der Waals surface area contributed by atoms with Gasteiger partial charge in [0.2, 0.25) is 5.91 Å². The Morgan fingerprint density at radius 2 is 2.12 bits per heavy atom. The third-order valence-electron chi connectivity index (χ3n) is 5.11. The number of nitrogens with zero attached hydrogens (tertiary/aromatic N) is 2. The van der Waals surface area contributed by atoms with Gasteiger partial charge in [-0.15, -0.1) is 0 Å². The smallest absolute Gasteiger partial charge is 0.222 e. The second kappa shape index (κ2) is 8.99. The van der Waals surface area contributed by atoms with Crippen LogP contribution >= 0.6 is 0 Å². The number of benzene rings is 1. The van der Waals surface area contributed by atoms with E-state index < -0.39 is 0 Å². The van der Waals surface area contributed by atoms with Crippen LogP contribution in [0.15, 0.2) is 34.9 Å². The van der Waals surface area contributed by atoms with Gasteiger partial charge in [-0.05, 0) is 44.6 Å². The second-order valence-corrected chi connectivity index (χ2v) is 7.15. The second-order valence-electron chi connectivity index (χ2n) is 7.15. The fourth-order valence-electron chi connectivity index (χ4n) is 3.59. The van der Waals surface area contributed by atoms with E-state index in [2.05, 4.69) is 17.3 Å². The Morgan fingerprint density at radius 1 is 1.31 bits per heavy atom. The normalized spacial score (nSPS) is 17.5. The SMILES string of the molecule is Cc1noc(C)c1CCC(=O)N1CCCC(COCc2ccccc2)C1. The fraction of sp³-hybridized carbons (Fsp3) is 0.524. The number of hydrogen-bond donors (Lipinski definition) is 0. The van der Waals surface area contributed by atoms with E-state index in [1.165, 1.54) is 5.56 Å². The maximum Gasteiger partial charge on any atom is 0.222 e. The van der Waals surface area contributed by atoms with Crippen molar-refractivity contribution in [3.8, 4) is 0 Å². The van der Waals surface area contributed by atoms with Gasteiger partial charge in [0.15, 0.2) is 0 Å². The summed E-state index contributed by atoms with van der Waals surface area (Å²) in [5.74, 6) is 1.47. The fourth-order valence-corrected chi connectivity index (χ4v) is 3.59. The molecule has 1 aromatic carbocycles. The summed E-state index contributed by atoms with van der Waals surface area (Å²) in [6.07, 6.45) is 3.39. The minimum Gasteiger partial charge on any atom is -0.376 e. The average molecular weight is 356 g/mol. The lowest BCUT2D eigenvalue weighted by Gasteiger charge is -2.32. The van der Waals surface area contributed by atoms with E-state index in [4.69, 9.17) is 9.26 Å². The van der Waals surface area contributed by atoms with Gasteiger partial charge in [0.25, 0.3) is 0 Å². The molecule has 2 heterocycles. The van der Waals surface area contributed by atoms with Crippen molar-refractivity contribution in [2.24, 2.45) is 5.92 Å². The standard InChI is InChI=1S/C21H28N2O3/c1-16-20(17(2)26-22-16)10-11-21(24)23-12-6-9-19(13-23)15-25-14-18-7-4-3-5-8-18/h3-5,7-8,19H,6,9-15H2,1-2H3. The number of hydrogen-bond acceptors (Lipinski definition) is 4. The Morgan fingerprint density at radius 3 is 2.85 bits per heavy atom. The molecule has 0 bridgehead atoms. The van der Waals surface area contributed by atoms with Gasteiger partial charge in [0.05, 0.1) is 18.9 Å². The summed E-state index contributed by atoms with van der Waals surface area (Å²) < 4.78 is 11.1. The van der Waals surface area contributed by atoms with Crippen LogP contribution in [0, 0.1) is 19.8 Å². The van der Waals surface area contributed by atoms with Crippen LogP contribution in [0.5, 0.6) is 0 Å². The summed E-state index contributed by atoms with van der Waals surface area (Å²) in [5.41, 5.74) is 3.15. The van der Waals surface area contributed by atoms with Gasteiger partial charge in [-0.25, -0.2) is 0 Å². The Labute approximate surface area is 155 Å². The van der Waals surface area contributed by atoms with Crippen molar-refractivity contribution in [3.05, 3.63) is 52.9 Å². The van der Waals surface area contributed by atoms with Crippen molar-refractivity contribution in [2.75, 3.05) is 19.7 Å². The summed E-state index contributed by atoms with van der Waals surface area (Å²) in [6.45, 7) is 6.84. The number of rotatable bonds is 7. The molecule has 26 heavy (non-hydrogen) atoms. The van der Waals surface area contributed by atoms with Gasteiger partial charge in [-0.1, -0.05) is 35.5 Å². The van der Waals surface area contributed by atoms with Gasteiger partial charge in [0, 0.05) is 25.1 Å². The highest BCUT2D eigenvalue weighted by atomic mass is 16.5. The van der Waals surface area contributed by atoms with Crippen LogP contribution in [0.4, 0.5) is 0 Å². The van der Waals surface area contributed by atoms with E-state index in [-0.39, 0.29) is 5.91 Å². The number of likely N-dealkylation sites (tertiary alicyclic amines) is 1. The van der Waals surface area contributed by atoms with E-state index >= 15 is 0 Å². The molecule has 1 amide bonds. The molecule has 1 unspecified atom stereocenters. The topological polar surface area (TPSA) is 55.6 Å². The maximum atomic E-state index is 12.6. The highest BCUT2D eigenvalue weighted by Gasteiger charge is 2.24. The van der Waals surface area contributed by atoms with Gasteiger partial charge in [-0.2, -0.15) is 0 Å². The minimum absolute atomic E-state index is 0.220. The highest BCUT2D eigenvalue weighted by molar-refractivity contribution is 5.76. The molecule has 0 spiro atoms. The van der Waals surface area contributed by atoms with E-state index in [9.17, 15) is 4.79 Å². The third kappa shape index (κ3) is 4.94. The zero-order chi connectivity index (χ0) is 18.4. The maximum absolute atomic E-state index is 12.6. The summed E-state index contributed by atoms with van der Waals surface area (Å²) in [5, 5.41) is 3.96. The highest BCUT2D eigenvalue weighted by Crippen LogP contribution is 2.20. The Bertz CT molecular complexity index is 692. The van der Waals surface area contributed by atoms with Crippen LogP contribution in [0.3, 0.4) is 0 Å². The molecule has 1 saturated heterocycles. The molecule has 1 aliphatic heterocycles. The molecule has 1 aromatic heterocycles. The molecule has 2 aromatic rings. The molecule has 1 atom stereocenters. The van der Waals surface area contributed by atoms with E-state index in [1.54, 1.807) is 0 Å². The Kier molecular flexibility index (Phi) is 6.45. The molecule has 5 nitrogen and oxygen atoms in total. The monoisotopic (exact) mass is 356 g/mol. The predicted octanol–water partition coefficient (Wildman–Crippen LogP) is 3.68. The van der Waals surface area contributed by atoms with Gasteiger partial charge < -0.3 is 14.2 Å². The molecule has 0 N–H and O–H groups in total. The third-order valence-corrected chi connectivity index (χ3v) is 5.11. The number of amides is 1. The van der Waals surface area contributed by atoms with Crippen molar-refractivity contribution in [1.29, 1.82) is 0 Å². The van der Waals surface area contributed by atoms with E-state index in [1.807, 2.05) is 36.9 Å². The molecule has 0 radical (unpaired) electrons. The first kappa shape index (κ1) is 18.6. The van der Waals surface area contributed by atoms with Gasteiger partial charge in [-0.3, -0.25) is 4.79 Å². The molecule has 0 aliphatic carbocycles. The number of piperidine rings is 1. The zero-order valence-electron chi connectivity index (χ0n) is 15.7. The number of ether oxygens (including phenoxy) is 1. The van der Waals surface area contributed by atoms with Crippen LogP contribution in [-0.4, -0.2) is 35.7 Å². The summed E-state index contributed by atoms with van der Waals surface area (Å²) in [7, 11) is 0. The lowest BCUT2D eigenvalue weighted by Crippen LogP contribution is -2.41. The lowest BCUT2D eigenvalue weighted by molar-refractivity contribution is -0.133. The molecule has 0 saturated carbocycles. The Hall–Kier alpha value is -2.14. The van der Waals surface area contributed by atoms with E-state index in [0.717, 1.165) is 42.9 Å². The van der Waals surface area contributed by atoms with Crippen LogP contribution < -0.4 is 0 Å². The molecule has 1 aliphatic rings. The predicted molar refractivity (Wildman–Crippen MR) is 99.7 cm³/mol. The molecule has 1 fully saturated rings. The van der Waals surface area contributed by atoms with Crippen LogP contribution in [0.1, 0.15) is 41.8 Å². The van der Waals surface area contributed by atoms with Crippen molar-refractivity contribution in [2.45, 2.75) is 46.1 Å². The van der Waals surface area contributed by atoms with Crippen LogP contribution in [0.25, 0.3) is 0 Å². The minimum atomic E-state index is 0.220. The van der Waals surface area contributed by atoms with Crippen molar-refractivity contribution in [1.82, 2.24) is 10.1 Å². The Balaban J connectivity index is 1.43. The number of carbonyl (C=O) groups is 1. The van der Waals surface area contributed by atoms with Crippen LogP contribution in [0.2, 0.25) is 0 Å². The zero-order valence-corrected chi connectivity index (χ0v) is 15.7. The molecule has 5 heteroatoms. The summed E-state index contributed by atoms with van der Waals surface area (Å²) in [4.78, 5) is 14.6. The first-order valence-corrected chi connectivity index (χ1v) is 9.44. The van der Waals surface area contributed by atoms with Crippen molar-refractivity contribution >= 4 is 5.91 Å². The quantitative estimate of drug-likeness (QED) is 0.759. The van der Waals surface area contributed by atoms with Gasteiger partial charge >= 0.3 is 0 Å². The molecule has 3 rings (SSSR count). The largest absolute Gasteiger partial charge is 0.376 e. The summed E-state index contributed by atoms with van der Waals surface area (Å²) in [6, 6.07) is 10.2. The summed E-state index contributed by atoms with van der Waals surface area (Å²) >= 11 is 0.